The van der Waals surface area contributed by atoms with Crippen molar-refractivity contribution in [1.82, 2.24) is 0 Å². The lowest BCUT2D eigenvalue weighted by atomic mass is 10.1. The van der Waals surface area contributed by atoms with Gasteiger partial charge in [0.05, 0.1) is 4.92 Å². The average Bonchev–Trinajstić information content (AvgIpc) is 2.43. The van der Waals surface area contributed by atoms with Gasteiger partial charge in [0.2, 0.25) is 0 Å². The Hall–Kier alpha value is -1.78. The SMILES string of the molecule is CC(Cc1ccc(Cl)cc1)Nc1ccc(Cl)c([N+](=O)[O-])c1. The zero-order chi connectivity index (χ0) is 15.4. The molecule has 0 aromatic heterocycles. The molecular formula is C15H14Cl2N2O2. The number of halogens is 2. The molecule has 0 saturated heterocycles. The number of hydrogen-bond acceptors (Lipinski definition) is 3. The first-order valence-electron chi connectivity index (χ1n) is 6.40. The van der Waals surface area contributed by atoms with Crippen molar-refractivity contribution in [1.29, 1.82) is 0 Å². The number of anilines is 1. The maximum Gasteiger partial charge on any atom is 0.289 e. The Bertz CT molecular complexity index is 645. The zero-order valence-corrected chi connectivity index (χ0v) is 12.9. The monoisotopic (exact) mass is 324 g/mol. The van der Waals surface area contributed by atoms with Crippen molar-refractivity contribution < 1.29 is 4.92 Å². The highest BCUT2D eigenvalue weighted by molar-refractivity contribution is 6.32. The second kappa shape index (κ2) is 6.78. The first-order chi connectivity index (χ1) is 9.95. The Morgan fingerprint density at radius 3 is 2.48 bits per heavy atom. The lowest BCUT2D eigenvalue weighted by Crippen LogP contribution is -2.18. The fourth-order valence-electron chi connectivity index (χ4n) is 2.05. The number of nitro benzene ring substituents is 1. The van der Waals surface area contributed by atoms with Crippen LogP contribution in [0.5, 0.6) is 0 Å². The molecule has 0 fully saturated rings. The fourth-order valence-corrected chi connectivity index (χ4v) is 2.36. The molecule has 0 bridgehead atoms. The maximum absolute atomic E-state index is 10.9. The van der Waals surface area contributed by atoms with Crippen LogP contribution in [0.1, 0.15) is 12.5 Å². The number of nitrogens with zero attached hydrogens (tertiary/aromatic N) is 1. The van der Waals surface area contributed by atoms with E-state index in [1.165, 1.54) is 12.1 Å². The van der Waals surface area contributed by atoms with Crippen molar-refractivity contribution in [3.8, 4) is 0 Å². The van der Waals surface area contributed by atoms with Crippen LogP contribution < -0.4 is 5.32 Å². The largest absolute Gasteiger partial charge is 0.382 e. The fraction of sp³-hybridized carbons (Fsp3) is 0.200. The van der Waals surface area contributed by atoms with E-state index >= 15 is 0 Å². The molecule has 2 aromatic carbocycles. The third kappa shape index (κ3) is 4.34. The molecule has 0 aliphatic heterocycles. The minimum Gasteiger partial charge on any atom is -0.382 e. The summed E-state index contributed by atoms with van der Waals surface area (Å²) in [7, 11) is 0. The molecule has 0 heterocycles. The third-order valence-corrected chi connectivity index (χ3v) is 3.58. The van der Waals surface area contributed by atoms with Crippen LogP contribution in [0.2, 0.25) is 10.0 Å². The predicted molar refractivity (Wildman–Crippen MR) is 86.3 cm³/mol. The van der Waals surface area contributed by atoms with E-state index in [9.17, 15) is 10.1 Å². The van der Waals surface area contributed by atoms with Gasteiger partial charge < -0.3 is 5.32 Å². The van der Waals surface area contributed by atoms with Gasteiger partial charge in [-0.2, -0.15) is 0 Å². The number of benzene rings is 2. The summed E-state index contributed by atoms with van der Waals surface area (Å²) in [5.41, 5.74) is 1.72. The average molecular weight is 325 g/mol. The summed E-state index contributed by atoms with van der Waals surface area (Å²) in [6.07, 6.45) is 0.785. The van der Waals surface area contributed by atoms with Gasteiger partial charge in [-0.15, -0.1) is 0 Å². The second-order valence-electron chi connectivity index (χ2n) is 4.80. The van der Waals surface area contributed by atoms with E-state index in [0.29, 0.717) is 10.7 Å². The van der Waals surface area contributed by atoms with Crippen molar-refractivity contribution >= 4 is 34.6 Å². The highest BCUT2D eigenvalue weighted by Gasteiger charge is 2.13. The molecule has 0 spiro atoms. The topological polar surface area (TPSA) is 55.2 Å². The van der Waals surface area contributed by atoms with Crippen LogP contribution in [-0.4, -0.2) is 11.0 Å². The molecular weight excluding hydrogens is 311 g/mol. The van der Waals surface area contributed by atoms with E-state index < -0.39 is 4.92 Å². The molecule has 1 N–H and O–H groups in total. The van der Waals surface area contributed by atoms with Crippen LogP contribution in [0, 0.1) is 10.1 Å². The van der Waals surface area contributed by atoms with E-state index in [1.54, 1.807) is 6.07 Å². The van der Waals surface area contributed by atoms with E-state index in [4.69, 9.17) is 23.2 Å². The first-order valence-corrected chi connectivity index (χ1v) is 7.16. The molecule has 0 amide bonds. The summed E-state index contributed by atoms with van der Waals surface area (Å²) in [5, 5.41) is 14.9. The summed E-state index contributed by atoms with van der Waals surface area (Å²) >= 11 is 11.6. The standard InChI is InChI=1S/C15H14Cl2N2O2/c1-10(8-11-2-4-12(16)5-3-11)18-13-6-7-14(17)15(9-13)19(20)21/h2-7,9-10,18H,8H2,1H3. The van der Waals surface area contributed by atoms with Gasteiger partial charge in [-0.1, -0.05) is 35.3 Å². The van der Waals surface area contributed by atoms with Gasteiger partial charge >= 0.3 is 0 Å². The minimum atomic E-state index is -0.489. The number of nitro groups is 1. The lowest BCUT2D eigenvalue weighted by molar-refractivity contribution is -0.384. The van der Waals surface area contributed by atoms with Crippen molar-refractivity contribution in [2.75, 3.05) is 5.32 Å². The van der Waals surface area contributed by atoms with Gasteiger partial charge in [-0.25, -0.2) is 0 Å². The smallest absolute Gasteiger partial charge is 0.289 e. The quantitative estimate of drug-likeness (QED) is 0.625. The molecule has 1 atom stereocenters. The Labute approximate surface area is 132 Å². The van der Waals surface area contributed by atoms with Crippen LogP contribution in [-0.2, 0) is 6.42 Å². The van der Waals surface area contributed by atoms with Crippen LogP contribution in [0.15, 0.2) is 42.5 Å². The van der Waals surface area contributed by atoms with Crippen LogP contribution in [0.4, 0.5) is 11.4 Å². The molecule has 1 unspecified atom stereocenters. The number of nitrogens with one attached hydrogen (secondary N) is 1. The van der Waals surface area contributed by atoms with Crippen LogP contribution in [0.25, 0.3) is 0 Å². The molecule has 2 rings (SSSR count). The van der Waals surface area contributed by atoms with Gasteiger partial charge in [0.1, 0.15) is 5.02 Å². The highest BCUT2D eigenvalue weighted by Crippen LogP contribution is 2.27. The third-order valence-electron chi connectivity index (χ3n) is 3.01. The molecule has 110 valence electrons. The first kappa shape index (κ1) is 15.6. The molecule has 2 aromatic rings. The van der Waals surface area contributed by atoms with Gasteiger partial charge in [0.15, 0.2) is 0 Å². The minimum absolute atomic E-state index is 0.0969. The Morgan fingerprint density at radius 2 is 1.86 bits per heavy atom. The molecule has 4 nitrogen and oxygen atoms in total. The summed E-state index contributed by atoms with van der Waals surface area (Å²) in [6, 6.07) is 12.4. The van der Waals surface area contributed by atoms with Gasteiger partial charge in [-0.05, 0) is 43.2 Å². The Morgan fingerprint density at radius 1 is 1.19 bits per heavy atom. The number of rotatable bonds is 5. The van der Waals surface area contributed by atoms with Crippen LogP contribution in [0.3, 0.4) is 0 Å². The van der Waals surface area contributed by atoms with E-state index in [0.717, 1.165) is 12.0 Å². The van der Waals surface area contributed by atoms with Gasteiger partial charge in [-0.3, -0.25) is 10.1 Å². The van der Waals surface area contributed by atoms with Crippen molar-refractivity contribution in [3.63, 3.8) is 0 Å². The van der Waals surface area contributed by atoms with Gasteiger partial charge in [0, 0.05) is 22.8 Å². The molecule has 0 radical (unpaired) electrons. The molecule has 6 heteroatoms. The molecule has 0 saturated carbocycles. The lowest BCUT2D eigenvalue weighted by Gasteiger charge is -2.15. The molecule has 0 aliphatic rings. The Kier molecular flexibility index (Phi) is 5.04. The van der Waals surface area contributed by atoms with Gasteiger partial charge in [0.25, 0.3) is 5.69 Å². The maximum atomic E-state index is 10.9. The zero-order valence-electron chi connectivity index (χ0n) is 11.3. The molecule has 21 heavy (non-hydrogen) atoms. The summed E-state index contributed by atoms with van der Waals surface area (Å²) in [4.78, 5) is 10.4. The molecule has 0 aliphatic carbocycles. The van der Waals surface area contributed by atoms with E-state index in [2.05, 4.69) is 5.32 Å². The Balaban J connectivity index is 2.05. The van der Waals surface area contributed by atoms with Crippen molar-refractivity contribution in [3.05, 3.63) is 68.2 Å². The second-order valence-corrected chi connectivity index (χ2v) is 5.64. The number of hydrogen-bond donors (Lipinski definition) is 1. The highest BCUT2D eigenvalue weighted by atomic mass is 35.5. The summed E-state index contributed by atoms with van der Waals surface area (Å²) in [6.45, 7) is 2.01. The van der Waals surface area contributed by atoms with E-state index in [-0.39, 0.29) is 16.8 Å². The van der Waals surface area contributed by atoms with Crippen molar-refractivity contribution in [2.45, 2.75) is 19.4 Å². The van der Waals surface area contributed by atoms with Crippen molar-refractivity contribution in [2.24, 2.45) is 0 Å². The van der Waals surface area contributed by atoms with Crippen LogP contribution >= 0.6 is 23.2 Å². The summed E-state index contributed by atoms with van der Waals surface area (Å²) in [5.74, 6) is 0. The normalized spacial score (nSPS) is 12.0. The predicted octanol–water partition coefficient (Wildman–Crippen LogP) is 4.94. The van der Waals surface area contributed by atoms with E-state index in [1.807, 2.05) is 31.2 Å². The summed E-state index contributed by atoms with van der Waals surface area (Å²) < 4.78 is 0.